The molecule has 0 bridgehead atoms. The Balaban J connectivity index is 1.03. The summed E-state index contributed by atoms with van der Waals surface area (Å²) in [7, 11) is 0. The van der Waals surface area contributed by atoms with E-state index >= 15 is 0 Å². The Morgan fingerprint density at radius 2 is 0.914 bits per heavy atom. The molecule has 272 valence electrons. The Morgan fingerprint density at radius 1 is 0.362 bits per heavy atom. The molecule has 0 atom stereocenters. The van der Waals surface area contributed by atoms with Crippen LogP contribution in [-0.4, -0.2) is 9.97 Å². The molecule has 0 aliphatic heterocycles. The van der Waals surface area contributed by atoms with Crippen LogP contribution in [0.5, 0.6) is 0 Å². The van der Waals surface area contributed by atoms with Crippen molar-refractivity contribution in [3.05, 3.63) is 212 Å². The van der Waals surface area contributed by atoms with Gasteiger partial charge in [0.1, 0.15) is 11.2 Å². The minimum Gasteiger partial charge on any atom is -0.456 e. The van der Waals surface area contributed by atoms with Gasteiger partial charge >= 0.3 is 0 Å². The van der Waals surface area contributed by atoms with Crippen molar-refractivity contribution in [2.75, 3.05) is 4.90 Å². The highest BCUT2D eigenvalue weighted by molar-refractivity contribution is 6.17. The third kappa shape index (κ3) is 5.96. The average molecular weight is 742 g/mol. The standard InChI is InChI=1S/C54H35N3O/c1-4-14-36(15-5-1)37-24-28-44(29-25-37)57(43-20-8-3-9-21-43)45-30-26-39(27-31-45)54-55-49-23-13-12-22-46(49)53(56-54)42-33-47(38-16-6-2-7-17-38)52-48-32-40-18-10-11-19-41(40)34-50(48)58-51(52)35-42/h1-35H. The third-order valence-electron chi connectivity index (χ3n) is 11.0. The summed E-state index contributed by atoms with van der Waals surface area (Å²) in [6.07, 6.45) is 0. The minimum absolute atomic E-state index is 0.663. The lowest BCUT2D eigenvalue weighted by Crippen LogP contribution is -2.09. The second kappa shape index (κ2) is 14.0. The lowest BCUT2D eigenvalue weighted by atomic mass is 9.94. The number of rotatable bonds is 7. The van der Waals surface area contributed by atoms with Crippen molar-refractivity contribution in [2.45, 2.75) is 0 Å². The van der Waals surface area contributed by atoms with E-state index in [-0.39, 0.29) is 0 Å². The molecule has 11 rings (SSSR count). The second-order valence-electron chi connectivity index (χ2n) is 14.6. The van der Waals surface area contributed by atoms with Gasteiger partial charge in [0.15, 0.2) is 5.82 Å². The van der Waals surface area contributed by atoms with Gasteiger partial charge in [0.2, 0.25) is 0 Å². The van der Waals surface area contributed by atoms with Crippen LogP contribution in [0.4, 0.5) is 17.1 Å². The molecule has 0 aliphatic carbocycles. The fraction of sp³-hybridized carbons (Fsp3) is 0. The number of fused-ring (bicyclic) bond motifs is 5. The smallest absolute Gasteiger partial charge is 0.160 e. The summed E-state index contributed by atoms with van der Waals surface area (Å²) >= 11 is 0. The summed E-state index contributed by atoms with van der Waals surface area (Å²) in [5.41, 5.74) is 13.1. The van der Waals surface area contributed by atoms with Gasteiger partial charge in [-0.1, -0.05) is 133 Å². The van der Waals surface area contributed by atoms with Crippen molar-refractivity contribution in [2.24, 2.45) is 0 Å². The van der Waals surface area contributed by atoms with Crippen LogP contribution in [-0.2, 0) is 0 Å². The summed E-state index contributed by atoms with van der Waals surface area (Å²) in [5.74, 6) is 0.663. The van der Waals surface area contributed by atoms with Crippen LogP contribution in [0, 0.1) is 0 Å². The van der Waals surface area contributed by atoms with Crippen molar-refractivity contribution in [3.63, 3.8) is 0 Å². The average Bonchev–Trinajstić information content (AvgIpc) is 3.66. The summed E-state index contributed by atoms with van der Waals surface area (Å²) < 4.78 is 6.70. The van der Waals surface area contributed by atoms with Gasteiger partial charge in [-0.3, -0.25) is 0 Å². The molecule has 0 radical (unpaired) electrons. The lowest BCUT2D eigenvalue weighted by Gasteiger charge is -2.26. The molecule has 2 heterocycles. The van der Waals surface area contributed by atoms with E-state index in [4.69, 9.17) is 14.4 Å². The van der Waals surface area contributed by atoms with Gasteiger partial charge in [0, 0.05) is 44.3 Å². The van der Waals surface area contributed by atoms with Crippen molar-refractivity contribution < 1.29 is 4.42 Å². The van der Waals surface area contributed by atoms with Gasteiger partial charge in [-0.2, -0.15) is 0 Å². The molecule has 4 heteroatoms. The zero-order valence-electron chi connectivity index (χ0n) is 31.5. The lowest BCUT2D eigenvalue weighted by molar-refractivity contribution is 0.669. The first kappa shape index (κ1) is 33.5. The molecule has 9 aromatic carbocycles. The molecule has 0 saturated heterocycles. The Hall–Kier alpha value is -7.82. The van der Waals surface area contributed by atoms with E-state index in [0.29, 0.717) is 5.82 Å². The van der Waals surface area contributed by atoms with Crippen LogP contribution in [0.15, 0.2) is 217 Å². The maximum atomic E-state index is 6.70. The molecule has 0 amide bonds. The first-order valence-electron chi connectivity index (χ1n) is 19.6. The summed E-state index contributed by atoms with van der Waals surface area (Å²) in [6, 6.07) is 74.4. The molecule has 0 aliphatic rings. The van der Waals surface area contributed by atoms with Gasteiger partial charge in [-0.25, -0.2) is 9.97 Å². The molecule has 0 unspecified atom stereocenters. The quantitative estimate of drug-likeness (QED) is 0.163. The number of para-hydroxylation sites is 2. The summed E-state index contributed by atoms with van der Waals surface area (Å²) in [6.45, 7) is 0. The molecular formula is C54H35N3O. The van der Waals surface area contributed by atoms with Crippen LogP contribution in [0.1, 0.15) is 0 Å². The number of anilines is 3. The van der Waals surface area contributed by atoms with Gasteiger partial charge < -0.3 is 9.32 Å². The molecule has 0 saturated carbocycles. The fourth-order valence-electron chi connectivity index (χ4n) is 8.22. The fourth-order valence-corrected chi connectivity index (χ4v) is 8.22. The SMILES string of the molecule is c1ccc(-c2ccc(N(c3ccccc3)c3ccc(-c4nc(-c5cc(-c6ccccc6)c6c(c5)oc5cc7ccccc7cc56)c5ccccc5n4)cc3)cc2)cc1. The Bertz CT molecular complexity index is 3250. The van der Waals surface area contributed by atoms with Crippen molar-refractivity contribution in [1.29, 1.82) is 0 Å². The normalized spacial score (nSPS) is 11.4. The second-order valence-corrected chi connectivity index (χ2v) is 14.6. The van der Waals surface area contributed by atoms with Gasteiger partial charge in [-0.15, -0.1) is 0 Å². The predicted octanol–water partition coefficient (Wildman–Crippen LogP) is 14.8. The van der Waals surface area contributed by atoms with Crippen LogP contribution in [0.2, 0.25) is 0 Å². The number of hydrogen-bond acceptors (Lipinski definition) is 4. The van der Waals surface area contributed by atoms with E-state index in [0.717, 1.165) is 83.2 Å². The largest absolute Gasteiger partial charge is 0.456 e. The summed E-state index contributed by atoms with van der Waals surface area (Å²) in [5, 5.41) is 5.52. The maximum absolute atomic E-state index is 6.70. The highest BCUT2D eigenvalue weighted by Gasteiger charge is 2.20. The first-order valence-corrected chi connectivity index (χ1v) is 19.6. The van der Waals surface area contributed by atoms with Gasteiger partial charge in [0.05, 0.1) is 11.2 Å². The van der Waals surface area contributed by atoms with Crippen LogP contribution in [0.25, 0.3) is 88.5 Å². The van der Waals surface area contributed by atoms with Crippen LogP contribution < -0.4 is 4.90 Å². The van der Waals surface area contributed by atoms with E-state index < -0.39 is 0 Å². The highest BCUT2D eigenvalue weighted by Crippen LogP contribution is 2.43. The molecule has 4 nitrogen and oxygen atoms in total. The Labute approximate surface area is 335 Å². The molecule has 0 N–H and O–H groups in total. The minimum atomic E-state index is 0.663. The zero-order chi connectivity index (χ0) is 38.4. The van der Waals surface area contributed by atoms with E-state index in [1.54, 1.807) is 0 Å². The Morgan fingerprint density at radius 3 is 1.62 bits per heavy atom. The number of nitrogens with zero attached hydrogens (tertiary/aromatic N) is 3. The number of benzene rings is 9. The molecule has 11 aromatic rings. The predicted molar refractivity (Wildman–Crippen MR) is 241 cm³/mol. The molecule has 0 spiro atoms. The monoisotopic (exact) mass is 741 g/mol. The van der Waals surface area contributed by atoms with E-state index in [2.05, 4.69) is 205 Å². The van der Waals surface area contributed by atoms with E-state index in [1.807, 2.05) is 12.1 Å². The molecule has 2 aromatic heterocycles. The van der Waals surface area contributed by atoms with E-state index in [9.17, 15) is 0 Å². The first-order chi connectivity index (χ1) is 28.7. The van der Waals surface area contributed by atoms with Gasteiger partial charge in [-0.05, 0) is 112 Å². The zero-order valence-corrected chi connectivity index (χ0v) is 31.5. The van der Waals surface area contributed by atoms with Gasteiger partial charge in [0.25, 0.3) is 0 Å². The Kier molecular flexibility index (Phi) is 8.11. The molecular weight excluding hydrogens is 707 g/mol. The van der Waals surface area contributed by atoms with Crippen LogP contribution in [0.3, 0.4) is 0 Å². The van der Waals surface area contributed by atoms with Crippen molar-refractivity contribution >= 4 is 60.7 Å². The third-order valence-corrected chi connectivity index (χ3v) is 11.0. The molecule has 0 fully saturated rings. The maximum Gasteiger partial charge on any atom is 0.160 e. The van der Waals surface area contributed by atoms with Crippen molar-refractivity contribution in [1.82, 2.24) is 9.97 Å². The number of hydrogen-bond donors (Lipinski definition) is 0. The number of aromatic nitrogens is 2. The molecule has 58 heavy (non-hydrogen) atoms. The highest BCUT2D eigenvalue weighted by atomic mass is 16.3. The van der Waals surface area contributed by atoms with Crippen LogP contribution >= 0.6 is 0 Å². The number of furan rings is 1. The summed E-state index contributed by atoms with van der Waals surface area (Å²) in [4.78, 5) is 12.7. The van der Waals surface area contributed by atoms with Crippen molar-refractivity contribution in [3.8, 4) is 44.9 Å². The topological polar surface area (TPSA) is 42.2 Å². The van der Waals surface area contributed by atoms with E-state index in [1.165, 1.54) is 16.5 Å².